The minimum Gasteiger partial charge on any atom is -0.459 e. The van der Waals surface area contributed by atoms with E-state index in [9.17, 15) is 13.2 Å². The minimum absolute atomic E-state index is 0.0771. The van der Waals surface area contributed by atoms with Crippen LogP contribution in [0.3, 0.4) is 0 Å². The van der Waals surface area contributed by atoms with Crippen LogP contribution in [0.1, 0.15) is 16.1 Å². The van der Waals surface area contributed by atoms with Gasteiger partial charge < -0.3 is 13.9 Å². The number of carbonyl (C=O) groups is 1. The van der Waals surface area contributed by atoms with Gasteiger partial charge in [-0.15, -0.1) is 0 Å². The van der Waals surface area contributed by atoms with Crippen molar-refractivity contribution in [1.82, 2.24) is 0 Å². The first-order valence-electron chi connectivity index (χ1n) is 7.40. The number of carbonyl (C=O) groups excluding carboxylic acids is 1. The molecule has 0 spiro atoms. The van der Waals surface area contributed by atoms with E-state index in [0.717, 1.165) is 5.56 Å². The molecule has 1 aromatic heterocycles. The van der Waals surface area contributed by atoms with E-state index in [1.807, 2.05) is 6.92 Å². The van der Waals surface area contributed by atoms with Gasteiger partial charge in [-0.1, -0.05) is 17.7 Å². The summed E-state index contributed by atoms with van der Waals surface area (Å²) < 4.78 is 34.6. The Morgan fingerprint density at radius 2 is 1.68 bits per heavy atom. The molecule has 0 unspecified atom stereocenters. The van der Waals surface area contributed by atoms with E-state index >= 15 is 0 Å². The summed E-state index contributed by atoms with van der Waals surface area (Å²) in [6.07, 6.45) is 1.40. The average molecular weight is 357 g/mol. The number of hydrogen-bond acceptors (Lipinski definition) is 5. The predicted octanol–water partition coefficient (Wildman–Crippen LogP) is 3.61. The Kier molecular flexibility index (Phi) is 4.58. The monoisotopic (exact) mass is 357 g/mol. The van der Waals surface area contributed by atoms with Crippen LogP contribution >= 0.6 is 0 Å². The second-order valence-electron chi connectivity index (χ2n) is 5.31. The molecule has 7 heteroatoms. The van der Waals surface area contributed by atoms with Crippen molar-refractivity contribution in [2.45, 2.75) is 11.8 Å². The fourth-order valence-corrected chi connectivity index (χ4v) is 3.00. The summed E-state index contributed by atoms with van der Waals surface area (Å²) in [6.45, 7) is 1.87. The van der Waals surface area contributed by atoms with Gasteiger partial charge >= 0.3 is 10.1 Å². The molecule has 0 bridgehead atoms. The first-order chi connectivity index (χ1) is 11.9. The van der Waals surface area contributed by atoms with E-state index in [4.69, 9.17) is 8.60 Å². The second kappa shape index (κ2) is 6.82. The smallest absolute Gasteiger partial charge is 0.339 e. The molecule has 0 aliphatic heterocycles. The summed E-state index contributed by atoms with van der Waals surface area (Å²) in [5.41, 5.74) is 1.44. The van der Waals surface area contributed by atoms with Gasteiger partial charge in [0.05, 0.1) is 6.26 Å². The van der Waals surface area contributed by atoms with Crippen molar-refractivity contribution in [2.24, 2.45) is 0 Å². The fraction of sp³-hybridized carbons (Fsp3) is 0.0556. The Balaban J connectivity index is 1.70. The van der Waals surface area contributed by atoms with E-state index in [0.29, 0.717) is 5.69 Å². The predicted molar refractivity (Wildman–Crippen MR) is 92.1 cm³/mol. The molecular formula is C18H15NO5S. The third-order valence-electron chi connectivity index (χ3n) is 3.37. The highest BCUT2D eigenvalue weighted by atomic mass is 32.2. The van der Waals surface area contributed by atoms with Crippen LogP contribution in [0, 0.1) is 6.92 Å². The quantitative estimate of drug-likeness (QED) is 0.705. The summed E-state index contributed by atoms with van der Waals surface area (Å²) in [5.74, 6) is -0.0650. The number of rotatable bonds is 5. The topological polar surface area (TPSA) is 85.6 Å². The number of nitrogens with one attached hydrogen (secondary N) is 1. The SMILES string of the molecule is Cc1ccc(S(=O)(=O)Oc2ccc(NC(=O)c3ccco3)cc2)cc1. The molecular weight excluding hydrogens is 342 g/mol. The third-order valence-corrected chi connectivity index (χ3v) is 4.63. The molecule has 0 aliphatic carbocycles. The Morgan fingerprint density at radius 1 is 1.00 bits per heavy atom. The number of aryl methyl sites for hydroxylation is 1. The molecule has 0 atom stereocenters. The highest BCUT2D eigenvalue weighted by molar-refractivity contribution is 7.87. The molecule has 0 radical (unpaired) electrons. The van der Waals surface area contributed by atoms with E-state index < -0.39 is 16.0 Å². The summed E-state index contributed by atoms with van der Waals surface area (Å²) in [5, 5.41) is 2.63. The van der Waals surface area contributed by atoms with Crippen LogP contribution in [0.4, 0.5) is 5.69 Å². The first-order valence-corrected chi connectivity index (χ1v) is 8.81. The molecule has 3 rings (SSSR count). The lowest BCUT2D eigenvalue weighted by Crippen LogP contribution is -2.11. The molecule has 2 aromatic carbocycles. The summed E-state index contributed by atoms with van der Waals surface area (Å²) in [4.78, 5) is 11.9. The normalized spacial score (nSPS) is 11.1. The van der Waals surface area contributed by atoms with Crippen LogP contribution in [0.15, 0.2) is 76.2 Å². The van der Waals surface area contributed by atoms with Gasteiger partial charge in [0.25, 0.3) is 5.91 Å². The lowest BCUT2D eigenvalue weighted by molar-refractivity contribution is 0.0996. The van der Waals surface area contributed by atoms with Gasteiger partial charge in [-0.25, -0.2) is 0 Å². The Labute approximate surface area is 145 Å². The number of amides is 1. The Hall–Kier alpha value is -3.06. The van der Waals surface area contributed by atoms with Crippen molar-refractivity contribution in [3.8, 4) is 5.75 Å². The molecule has 0 aliphatic rings. The Morgan fingerprint density at radius 3 is 2.28 bits per heavy atom. The zero-order valence-electron chi connectivity index (χ0n) is 13.3. The highest BCUT2D eigenvalue weighted by Crippen LogP contribution is 2.21. The fourth-order valence-electron chi connectivity index (χ4n) is 2.07. The lowest BCUT2D eigenvalue weighted by Gasteiger charge is -2.08. The molecule has 1 heterocycles. The van der Waals surface area contributed by atoms with Crippen LogP contribution in [0.5, 0.6) is 5.75 Å². The zero-order chi connectivity index (χ0) is 17.9. The second-order valence-corrected chi connectivity index (χ2v) is 6.85. The summed E-state index contributed by atoms with van der Waals surface area (Å²) in [7, 11) is -3.90. The number of benzene rings is 2. The van der Waals surface area contributed by atoms with E-state index in [1.165, 1.54) is 30.5 Å². The van der Waals surface area contributed by atoms with Gasteiger partial charge in [0, 0.05) is 5.69 Å². The lowest BCUT2D eigenvalue weighted by atomic mass is 10.2. The minimum atomic E-state index is -3.90. The summed E-state index contributed by atoms with van der Waals surface area (Å²) in [6, 6.07) is 15.5. The van der Waals surface area contributed by atoms with Crippen molar-refractivity contribution in [1.29, 1.82) is 0 Å². The molecule has 1 amide bonds. The Bertz CT molecular complexity index is 959. The van der Waals surface area contributed by atoms with Gasteiger partial charge in [0.1, 0.15) is 10.6 Å². The van der Waals surface area contributed by atoms with Crippen LogP contribution in [0.2, 0.25) is 0 Å². The van der Waals surface area contributed by atoms with Crippen LogP contribution in [-0.4, -0.2) is 14.3 Å². The van der Waals surface area contributed by atoms with Crippen LogP contribution in [-0.2, 0) is 10.1 Å². The molecule has 0 saturated heterocycles. The van der Waals surface area contributed by atoms with Crippen LogP contribution in [0.25, 0.3) is 0 Å². The molecule has 3 aromatic rings. The van der Waals surface area contributed by atoms with Gasteiger partial charge in [-0.05, 0) is 55.5 Å². The van der Waals surface area contributed by atoms with E-state index in [-0.39, 0.29) is 16.4 Å². The van der Waals surface area contributed by atoms with Gasteiger partial charge in [0.2, 0.25) is 0 Å². The molecule has 25 heavy (non-hydrogen) atoms. The number of anilines is 1. The average Bonchev–Trinajstić information content (AvgIpc) is 3.11. The van der Waals surface area contributed by atoms with Crippen molar-refractivity contribution in [3.05, 3.63) is 78.3 Å². The van der Waals surface area contributed by atoms with E-state index in [1.54, 1.807) is 36.4 Å². The molecule has 1 N–H and O–H groups in total. The maximum absolute atomic E-state index is 12.2. The highest BCUT2D eigenvalue weighted by Gasteiger charge is 2.16. The van der Waals surface area contributed by atoms with Crippen molar-refractivity contribution >= 4 is 21.7 Å². The zero-order valence-corrected chi connectivity index (χ0v) is 14.1. The molecule has 0 saturated carbocycles. The molecule has 128 valence electrons. The van der Waals surface area contributed by atoms with Crippen molar-refractivity contribution < 1.29 is 21.8 Å². The van der Waals surface area contributed by atoms with Gasteiger partial charge in [-0.2, -0.15) is 8.42 Å². The van der Waals surface area contributed by atoms with Gasteiger partial charge in [0.15, 0.2) is 5.76 Å². The third kappa shape index (κ3) is 4.07. The maximum Gasteiger partial charge on any atom is 0.339 e. The molecule has 6 nitrogen and oxygen atoms in total. The number of furan rings is 1. The van der Waals surface area contributed by atoms with Crippen molar-refractivity contribution in [2.75, 3.05) is 5.32 Å². The standard InChI is InChI=1S/C18H15NO5S/c1-13-4-10-16(11-5-13)25(21,22)24-15-8-6-14(7-9-15)19-18(20)17-3-2-12-23-17/h2-12H,1H3,(H,19,20). The largest absolute Gasteiger partial charge is 0.459 e. The molecule has 0 fully saturated rings. The van der Waals surface area contributed by atoms with Crippen molar-refractivity contribution in [3.63, 3.8) is 0 Å². The number of hydrogen-bond donors (Lipinski definition) is 1. The van der Waals surface area contributed by atoms with Crippen LogP contribution < -0.4 is 9.50 Å². The maximum atomic E-state index is 12.2. The summed E-state index contributed by atoms with van der Waals surface area (Å²) >= 11 is 0. The van der Waals surface area contributed by atoms with Gasteiger partial charge in [-0.3, -0.25) is 4.79 Å². The first kappa shape index (κ1) is 16.8. The van der Waals surface area contributed by atoms with E-state index in [2.05, 4.69) is 5.32 Å².